The van der Waals surface area contributed by atoms with E-state index in [0.29, 0.717) is 12.8 Å². The van der Waals surface area contributed by atoms with Crippen LogP contribution in [0.3, 0.4) is 0 Å². The Hall–Kier alpha value is -2.62. The maximum absolute atomic E-state index is 12.0. The first-order valence-corrected chi connectivity index (χ1v) is 7.73. The average Bonchev–Trinajstić information content (AvgIpc) is 2.55. The summed E-state index contributed by atoms with van der Waals surface area (Å²) in [6, 6.07) is 15.7. The molecule has 0 aliphatic rings. The van der Waals surface area contributed by atoms with Crippen molar-refractivity contribution in [1.29, 1.82) is 0 Å². The van der Waals surface area contributed by atoms with Crippen LogP contribution in [0.15, 0.2) is 48.5 Å². The molecule has 0 saturated carbocycles. The molecule has 4 heteroatoms. The fraction of sp³-hybridized carbons (Fsp3) is 0.263. The van der Waals surface area contributed by atoms with Crippen LogP contribution < -0.4 is 10.6 Å². The van der Waals surface area contributed by atoms with Gasteiger partial charge in [0.15, 0.2) is 0 Å². The summed E-state index contributed by atoms with van der Waals surface area (Å²) < 4.78 is 0. The van der Waals surface area contributed by atoms with E-state index in [1.54, 1.807) is 0 Å². The van der Waals surface area contributed by atoms with Gasteiger partial charge in [-0.15, -0.1) is 0 Å². The molecule has 0 atom stereocenters. The second-order valence-electron chi connectivity index (χ2n) is 5.58. The standard InChI is InChI=1S/C19H22N2O2/c1-14-7-6-8-15(2)19(14)21-18(23)13-20-17(22)12-11-16-9-4-3-5-10-16/h3-10H,11-13H2,1-2H3,(H,20,22)(H,21,23). The number of benzene rings is 2. The summed E-state index contributed by atoms with van der Waals surface area (Å²) in [5, 5.41) is 5.51. The first-order valence-electron chi connectivity index (χ1n) is 7.73. The number of carbonyl (C=O) groups is 2. The highest BCUT2D eigenvalue weighted by Crippen LogP contribution is 2.18. The number of hydrogen-bond donors (Lipinski definition) is 2. The Bertz CT molecular complexity index is 661. The number of para-hydroxylation sites is 1. The Morgan fingerprint density at radius 2 is 1.52 bits per heavy atom. The minimum Gasteiger partial charge on any atom is -0.347 e. The molecule has 4 nitrogen and oxygen atoms in total. The minimum absolute atomic E-state index is 0.0125. The SMILES string of the molecule is Cc1cccc(C)c1NC(=O)CNC(=O)CCc1ccccc1. The van der Waals surface area contributed by atoms with E-state index in [-0.39, 0.29) is 18.4 Å². The summed E-state index contributed by atoms with van der Waals surface area (Å²) in [7, 11) is 0. The first kappa shape index (κ1) is 16.7. The van der Waals surface area contributed by atoms with Gasteiger partial charge < -0.3 is 10.6 Å². The molecule has 2 rings (SSSR count). The summed E-state index contributed by atoms with van der Waals surface area (Å²) in [5.41, 5.74) is 3.95. The van der Waals surface area contributed by atoms with Crippen LogP contribution in [0.25, 0.3) is 0 Å². The molecule has 0 heterocycles. The number of anilines is 1. The van der Waals surface area contributed by atoms with Crippen molar-refractivity contribution in [3.63, 3.8) is 0 Å². The Morgan fingerprint density at radius 3 is 2.17 bits per heavy atom. The fourth-order valence-corrected chi connectivity index (χ4v) is 2.37. The lowest BCUT2D eigenvalue weighted by atomic mass is 10.1. The zero-order valence-electron chi connectivity index (χ0n) is 13.6. The number of hydrogen-bond acceptors (Lipinski definition) is 2. The van der Waals surface area contributed by atoms with Crippen LogP contribution in [0, 0.1) is 13.8 Å². The molecular formula is C19H22N2O2. The fourth-order valence-electron chi connectivity index (χ4n) is 2.37. The third kappa shape index (κ3) is 5.25. The monoisotopic (exact) mass is 310 g/mol. The van der Waals surface area contributed by atoms with Crippen LogP contribution in [-0.4, -0.2) is 18.4 Å². The van der Waals surface area contributed by atoms with Crippen molar-refractivity contribution >= 4 is 17.5 Å². The molecule has 0 fully saturated rings. The zero-order valence-corrected chi connectivity index (χ0v) is 13.6. The second kappa shape index (κ2) is 8.13. The lowest BCUT2D eigenvalue weighted by Crippen LogP contribution is -2.33. The topological polar surface area (TPSA) is 58.2 Å². The highest BCUT2D eigenvalue weighted by molar-refractivity contribution is 5.95. The maximum Gasteiger partial charge on any atom is 0.243 e. The van der Waals surface area contributed by atoms with Gasteiger partial charge in [0.1, 0.15) is 0 Å². The van der Waals surface area contributed by atoms with Gasteiger partial charge in [-0.05, 0) is 37.0 Å². The molecule has 0 saturated heterocycles. The van der Waals surface area contributed by atoms with Crippen molar-refractivity contribution in [2.45, 2.75) is 26.7 Å². The number of nitrogens with one attached hydrogen (secondary N) is 2. The van der Waals surface area contributed by atoms with E-state index in [1.165, 1.54) is 0 Å². The molecule has 0 aromatic heterocycles. The van der Waals surface area contributed by atoms with Gasteiger partial charge in [0.2, 0.25) is 11.8 Å². The van der Waals surface area contributed by atoms with E-state index in [1.807, 2.05) is 62.4 Å². The van der Waals surface area contributed by atoms with E-state index >= 15 is 0 Å². The van der Waals surface area contributed by atoms with E-state index in [4.69, 9.17) is 0 Å². The van der Waals surface area contributed by atoms with Crippen molar-refractivity contribution in [2.24, 2.45) is 0 Å². The van der Waals surface area contributed by atoms with Crippen LogP contribution in [0.1, 0.15) is 23.1 Å². The molecule has 120 valence electrons. The van der Waals surface area contributed by atoms with E-state index in [0.717, 1.165) is 22.4 Å². The van der Waals surface area contributed by atoms with E-state index in [9.17, 15) is 9.59 Å². The lowest BCUT2D eigenvalue weighted by Gasteiger charge is -2.12. The molecule has 0 aliphatic heterocycles. The van der Waals surface area contributed by atoms with Crippen molar-refractivity contribution in [2.75, 3.05) is 11.9 Å². The molecule has 2 aromatic carbocycles. The Labute approximate surface area is 136 Å². The third-order valence-corrected chi connectivity index (χ3v) is 3.68. The predicted octanol–water partition coefficient (Wildman–Crippen LogP) is 2.99. The van der Waals surface area contributed by atoms with Crippen molar-refractivity contribution in [3.8, 4) is 0 Å². The number of rotatable bonds is 6. The average molecular weight is 310 g/mol. The van der Waals surface area contributed by atoms with Gasteiger partial charge in [-0.1, -0.05) is 48.5 Å². The van der Waals surface area contributed by atoms with Gasteiger partial charge >= 0.3 is 0 Å². The molecule has 2 amide bonds. The van der Waals surface area contributed by atoms with E-state index < -0.39 is 0 Å². The molecule has 2 N–H and O–H groups in total. The van der Waals surface area contributed by atoms with E-state index in [2.05, 4.69) is 10.6 Å². The van der Waals surface area contributed by atoms with Crippen molar-refractivity contribution in [3.05, 3.63) is 65.2 Å². The van der Waals surface area contributed by atoms with Crippen LogP contribution in [0.2, 0.25) is 0 Å². The van der Waals surface area contributed by atoms with Crippen LogP contribution in [0.4, 0.5) is 5.69 Å². The highest BCUT2D eigenvalue weighted by atomic mass is 16.2. The van der Waals surface area contributed by atoms with Gasteiger partial charge in [-0.25, -0.2) is 0 Å². The van der Waals surface area contributed by atoms with Gasteiger partial charge in [0.05, 0.1) is 6.54 Å². The molecule has 0 spiro atoms. The molecule has 2 aromatic rings. The maximum atomic E-state index is 12.0. The van der Waals surface area contributed by atoms with Crippen molar-refractivity contribution < 1.29 is 9.59 Å². The second-order valence-corrected chi connectivity index (χ2v) is 5.58. The quantitative estimate of drug-likeness (QED) is 0.862. The number of amides is 2. The largest absolute Gasteiger partial charge is 0.347 e. The molecular weight excluding hydrogens is 288 g/mol. The minimum atomic E-state index is -0.213. The molecule has 23 heavy (non-hydrogen) atoms. The first-order chi connectivity index (χ1) is 11.1. The Balaban J connectivity index is 1.77. The summed E-state index contributed by atoms with van der Waals surface area (Å²) in [4.78, 5) is 23.8. The van der Waals surface area contributed by atoms with Crippen LogP contribution >= 0.6 is 0 Å². The summed E-state index contributed by atoms with van der Waals surface area (Å²) in [5.74, 6) is -0.332. The summed E-state index contributed by atoms with van der Waals surface area (Å²) >= 11 is 0. The predicted molar refractivity (Wildman–Crippen MR) is 92.3 cm³/mol. The van der Waals surface area contributed by atoms with Gasteiger partial charge in [-0.2, -0.15) is 0 Å². The number of aryl methyl sites for hydroxylation is 3. The molecule has 0 aliphatic carbocycles. The smallest absolute Gasteiger partial charge is 0.243 e. The normalized spacial score (nSPS) is 10.2. The van der Waals surface area contributed by atoms with Crippen LogP contribution in [0.5, 0.6) is 0 Å². The summed E-state index contributed by atoms with van der Waals surface area (Å²) in [6.07, 6.45) is 1.05. The molecule has 0 unspecified atom stereocenters. The Kier molecular flexibility index (Phi) is 5.92. The summed E-state index contributed by atoms with van der Waals surface area (Å²) in [6.45, 7) is 3.88. The van der Waals surface area contributed by atoms with Gasteiger partial charge in [0.25, 0.3) is 0 Å². The molecule has 0 radical (unpaired) electrons. The number of carbonyl (C=O) groups excluding carboxylic acids is 2. The van der Waals surface area contributed by atoms with Crippen molar-refractivity contribution in [1.82, 2.24) is 5.32 Å². The zero-order chi connectivity index (χ0) is 16.7. The third-order valence-electron chi connectivity index (χ3n) is 3.68. The Morgan fingerprint density at radius 1 is 0.870 bits per heavy atom. The highest BCUT2D eigenvalue weighted by Gasteiger charge is 2.09. The van der Waals surface area contributed by atoms with Gasteiger partial charge in [0, 0.05) is 12.1 Å². The van der Waals surface area contributed by atoms with Crippen LogP contribution in [-0.2, 0) is 16.0 Å². The molecule has 0 bridgehead atoms. The lowest BCUT2D eigenvalue weighted by molar-refractivity contribution is -0.124. The van der Waals surface area contributed by atoms with Gasteiger partial charge in [-0.3, -0.25) is 9.59 Å².